The van der Waals surface area contributed by atoms with E-state index >= 15 is 0 Å². The Bertz CT molecular complexity index is 1220. The van der Waals surface area contributed by atoms with Crippen molar-refractivity contribution in [3.63, 3.8) is 0 Å². The lowest BCUT2D eigenvalue weighted by Crippen LogP contribution is -2.38. The summed E-state index contributed by atoms with van der Waals surface area (Å²) in [6.45, 7) is 3.85. The summed E-state index contributed by atoms with van der Waals surface area (Å²) >= 11 is 0. The number of benzene rings is 1. The Labute approximate surface area is 186 Å². The fourth-order valence-corrected chi connectivity index (χ4v) is 4.28. The molecule has 1 saturated heterocycles. The third-order valence-corrected chi connectivity index (χ3v) is 6.04. The highest BCUT2D eigenvalue weighted by Crippen LogP contribution is 2.23. The molecule has 0 amide bonds. The molecule has 1 aromatic carbocycles. The standard InChI is InChI=1S/C23H31N5O4/c1-16-9-8-10-18(13-16)32-15-17(29)14-28-19-20(25(2)23(31)26(3)21(19)30)24-22(28)27-11-6-4-5-7-12-27/h8-10,13,17,29H,4-7,11-12,14-15H2,1-3H3. The molecule has 0 radical (unpaired) electrons. The van der Waals surface area contributed by atoms with Crippen molar-refractivity contribution in [3.8, 4) is 5.75 Å². The number of imidazole rings is 1. The van der Waals surface area contributed by atoms with Gasteiger partial charge in [-0.2, -0.15) is 4.98 Å². The van der Waals surface area contributed by atoms with Crippen LogP contribution in [0.3, 0.4) is 0 Å². The Hall–Kier alpha value is -3.07. The smallest absolute Gasteiger partial charge is 0.332 e. The largest absolute Gasteiger partial charge is 0.491 e. The first kappa shape index (κ1) is 22.1. The van der Waals surface area contributed by atoms with Crippen molar-refractivity contribution in [2.24, 2.45) is 14.1 Å². The molecule has 1 N–H and O–H groups in total. The van der Waals surface area contributed by atoms with E-state index in [0.29, 0.717) is 22.9 Å². The Morgan fingerprint density at radius 1 is 1.09 bits per heavy atom. The van der Waals surface area contributed by atoms with E-state index in [1.54, 1.807) is 11.6 Å². The fraction of sp³-hybridized carbons (Fsp3) is 0.522. The summed E-state index contributed by atoms with van der Waals surface area (Å²) in [7, 11) is 3.08. The van der Waals surface area contributed by atoms with Crippen molar-refractivity contribution in [2.75, 3.05) is 24.6 Å². The SMILES string of the molecule is Cc1cccc(OCC(O)Cn2c(N3CCCCCC3)nc3c2c(=O)n(C)c(=O)n3C)c1. The molecule has 0 bridgehead atoms. The number of fused-ring (bicyclic) bond motifs is 1. The number of anilines is 1. The van der Waals surface area contributed by atoms with E-state index in [4.69, 9.17) is 9.72 Å². The monoisotopic (exact) mass is 441 g/mol. The zero-order chi connectivity index (χ0) is 22.8. The number of aryl methyl sites for hydroxylation is 2. The molecule has 3 heterocycles. The van der Waals surface area contributed by atoms with Crippen molar-refractivity contribution in [1.29, 1.82) is 0 Å². The summed E-state index contributed by atoms with van der Waals surface area (Å²) in [6, 6.07) is 7.64. The second-order valence-corrected chi connectivity index (χ2v) is 8.58. The van der Waals surface area contributed by atoms with Crippen molar-refractivity contribution in [3.05, 3.63) is 50.7 Å². The van der Waals surface area contributed by atoms with Crippen LogP contribution < -0.4 is 20.9 Å². The number of rotatable bonds is 6. The van der Waals surface area contributed by atoms with E-state index < -0.39 is 17.4 Å². The number of ether oxygens (including phenoxy) is 1. The van der Waals surface area contributed by atoms with E-state index in [1.165, 1.54) is 11.6 Å². The van der Waals surface area contributed by atoms with Gasteiger partial charge in [0, 0.05) is 27.2 Å². The number of hydrogen-bond donors (Lipinski definition) is 1. The second-order valence-electron chi connectivity index (χ2n) is 8.58. The summed E-state index contributed by atoms with van der Waals surface area (Å²) < 4.78 is 10.0. The lowest BCUT2D eigenvalue weighted by Gasteiger charge is -2.23. The van der Waals surface area contributed by atoms with Gasteiger partial charge in [-0.25, -0.2) is 4.79 Å². The third-order valence-electron chi connectivity index (χ3n) is 6.04. The van der Waals surface area contributed by atoms with Crippen LogP contribution in [0.1, 0.15) is 31.2 Å². The van der Waals surface area contributed by atoms with Gasteiger partial charge < -0.3 is 19.3 Å². The normalized spacial score (nSPS) is 15.7. The van der Waals surface area contributed by atoms with Gasteiger partial charge >= 0.3 is 5.69 Å². The maximum Gasteiger partial charge on any atom is 0.332 e. The molecule has 3 aromatic rings. The van der Waals surface area contributed by atoms with Gasteiger partial charge in [-0.3, -0.25) is 13.9 Å². The molecular formula is C23H31N5O4. The molecule has 1 unspecified atom stereocenters. The van der Waals surface area contributed by atoms with Gasteiger partial charge in [0.25, 0.3) is 5.56 Å². The quantitative estimate of drug-likeness (QED) is 0.624. The highest BCUT2D eigenvalue weighted by atomic mass is 16.5. The predicted molar refractivity (Wildman–Crippen MR) is 124 cm³/mol. The average Bonchev–Trinajstić information content (AvgIpc) is 2.95. The van der Waals surface area contributed by atoms with Gasteiger partial charge in [0.2, 0.25) is 5.95 Å². The molecule has 0 spiro atoms. The summed E-state index contributed by atoms with van der Waals surface area (Å²) in [4.78, 5) is 32.4. The van der Waals surface area contributed by atoms with Gasteiger partial charge in [-0.05, 0) is 37.5 Å². The minimum absolute atomic E-state index is 0.0780. The maximum atomic E-state index is 13.0. The molecule has 9 heteroatoms. The predicted octanol–water partition coefficient (Wildman–Crippen LogP) is 1.56. The highest BCUT2D eigenvalue weighted by Gasteiger charge is 2.25. The first-order valence-corrected chi connectivity index (χ1v) is 11.2. The van der Waals surface area contributed by atoms with Crippen molar-refractivity contribution >= 4 is 17.1 Å². The van der Waals surface area contributed by atoms with Crippen molar-refractivity contribution in [1.82, 2.24) is 18.7 Å². The summed E-state index contributed by atoms with van der Waals surface area (Å²) in [5.74, 6) is 1.31. The Morgan fingerprint density at radius 2 is 1.81 bits per heavy atom. The number of aliphatic hydroxyl groups is 1. The molecule has 1 atom stereocenters. The number of hydrogen-bond acceptors (Lipinski definition) is 6. The van der Waals surface area contributed by atoms with Crippen LogP contribution in [0, 0.1) is 6.92 Å². The zero-order valence-corrected chi connectivity index (χ0v) is 19.0. The average molecular weight is 442 g/mol. The van der Waals surface area contributed by atoms with Crippen LogP contribution in [-0.2, 0) is 20.6 Å². The van der Waals surface area contributed by atoms with Crippen LogP contribution in [0.25, 0.3) is 11.2 Å². The van der Waals surface area contributed by atoms with Gasteiger partial charge in [0.15, 0.2) is 11.2 Å². The summed E-state index contributed by atoms with van der Waals surface area (Å²) in [5.41, 5.74) is 0.902. The van der Waals surface area contributed by atoms with E-state index in [-0.39, 0.29) is 13.2 Å². The van der Waals surface area contributed by atoms with Crippen LogP contribution in [0.15, 0.2) is 33.9 Å². The summed E-state index contributed by atoms with van der Waals surface area (Å²) in [6.07, 6.45) is 3.53. The molecule has 32 heavy (non-hydrogen) atoms. The van der Waals surface area contributed by atoms with Crippen LogP contribution in [0.2, 0.25) is 0 Å². The van der Waals surface area contributed by atoms with Crippen LogP contribution in [0.4, 0.5) is 5.95 Å². The molecular weight excluding hydrogens is 410 g/mol. The van der Waals surface area contributed by atoms with Gasteiger partial charge in [0.05, 0.1) is 6.54 Å². The molecule has 9 nitrogen and oxygen atoms in total. The van der Waals surface area contributed by atoms with Crippen molar-refractivity contribution in [2.45, 2.75) is 45.3 Å². The van der Waals surface area contributed by atoms with Crippen LogP contribution >= 0.6 is 0 Å². The minimum atomic E-state index is -0.861. The van der Waals surface area contributed by atoms with E-state index in [2.05, 4.69) is 4.90 Å². The maximum absolute atomic E-state index is 13.0. The number of aliphatic hydroxyl groups excluding tert-OH is 1. The van der Waals surface area contributed by atoms with Crippen LogP contribution in [0.5, 0.6) is 5.75 Å². The van der Waals surface area contributed by atoms with Gasteiger partial charge in [0.1, 0.15) is 18.5 Å². The molecule has 172 valence electrons. The Morgan fingerprint density at radius 3 is 2.50 bits per heavy atom. The molecule has 0 saturated carbocycles. The highest BCUT2D eigenvalue weighted by molar-refractivity contribution is 5.74. The number of nitrogens with zero attached hydrogens (tertiary/aromatic N) is 5. The van der Waals surface area contributed by atoms with E-state index in [0.717, 1.165) is 48.9 Å². The van der Waals surface area contributed by atoms with E-state index in [1.807, 2.05) is 31.2 Å². The Balaban J connectivity index is 1.71. The second kappa shape index (κ2) is 9.20. The first-order valence-electron chi connectivity index (χ1n) is 11.2. The van der Waals surface area contributed by atoms with Gasteiger partial charge in [-0.1, -0.05) is 25.0 Å². The van der Waals surface area contributed by atoms with Gasteiger partial charge in [-0.15, -0.1) is 0 Å². The lowest BCUT2D eigenvalue weighted by atomic mass is 10.2. The molecule has 0 aliphatic carbocycles. The minimum Gasteiger partial charge on any atom is -0.491 e. The fourth-order valence-electron chi connectivity index (χ4n) is 4.28. The number of aromatic nitrogens is 4. The molecule has 1 fully saturated rings. The molecule has 1 aliphatic heterocycles. The zero-order valence-electron chi connectivity index (χ0n) is 19.0. The van der Waals surface area contributed by atoms with Crippen LogP contribution in [-0.4, -0.2) is 49.6 Å². The first-order chi connectivity index (χ1) is 15.4. The molecule has 2 aromatic heterocycles. The lowest BCUT2D eigenvalue weighted by molar-refractivity contribution is 0.0936. The Kier molecular flexibility index (Phi) is 6.36. The van der Waals surface area contributed by atoms with Crippen molar-refractivity contribution < 1.29 is 9.84 Å². The molecule has 4 rings (SSSR count). The third kappa shape index (κ3) is 4.29. The molecule has 1 aliphatic rings. The topological polar surface area (TPSA) is 94.5 Å². The van der Waals surface area contributed by atoms with E-state index in [9.17, 15) is 14.7 Å². The summed E-state index contributed by atoms with van der Waals surface area (Å²) in [5, 5.41) is 10.8.